The van der Waals surface area contributed by atoms with Crippen molar-refractivity contribution in [2.24, 2.45) is 5.92 Å². The first-order valence-electron chi connectivity index (χ1n) is 9.19. The topological polar surface area (TPSA) is 54.3 Å². The SMILES string of the molecule is O=C(N[C@@H](N1C[C@@H]2C[C@H](C1)c1cccc(=O)n1C2)C(Cl)(Cl)Cl)c1ccccc1. The van der Waals surface area contributed by atoms with Gasteiger partial charge in [-0.05, 0) is 30.5 Å². The first-order chi connectivity index (χ1) is 13.3. The van der Waals surface area contributed by atoms with Crippen LogP contribution in [0.1, 0.15) is 28.4 Å². The zero-order valence-electron chi connectivity index (χ0n) is 15.0. The zero-order chi connectivity index (χ0) is 19.9. The molecule has 1 aromatic heterocycles. The highest BCUT2D eigenvalue weighted by Gasteiger charge is 2.44. The molecule has 2 aromatic rings. The predicted octanol–water partition coefficient (Wildman–Crippen LogP) is 3.39. The van der Waals surface area contributed by atoms with Gasteiger partial charge < -0.3 is 9.88 Å². The summed E-state index contributed by atoms with van der Waals surface area (Å²) in [6.45, 7) is 1.89. The molecule has 2 aliphatic rings. The number of rotatable bonds is 3. The number of nitrogens with zero attached hydrogens (tertiary/aromatic N) is 2. The van der Waals surface area contributed by atoms with Gasteiger partial charge in [0.25, 0.3) is 11.5 Å². The van der Waals surface area contributed by atoms with Crippen molar-refractivity contribution in [1.29, 1.82) is 0 Å². The van der Waals surface area contributed by atoms with Gasteiger partial charge in [0.05, 0.1) is 0 Å². The van der Waals surface area contributed by atoms with Crippen LogP contribution in [0.3, 0.4) is 0 Å². The summed E-state index contributed by atoms with van der Waals surface area (Å²) < 4.78 is 0.162. The number of carbonyl (C=O) groups excluding carboxylic acids is 1. The van der Waals surface area contributed by atoms with Crippen LogP contribution in [-0.2, 0) is 6.54 Å². The van der Waals surface area contributed by atoms with Gasteiger partial charge in [0.1, 0.15) is 6.17 Å². The number of aromatic nitrogens is 1. The van der Waals surface area contributed by atoms with Gasteiger partial charge in [-0.3, -0.25) is 14.5 Å². The maximum Gasteiger partial charge on any atom is 0.252 e. The Bertz CT molecular complexity index is 926. The van der Waals surface area contributed by atoms with Crippen molar-refractivity contribution >= 4 is 40.7 Å². The van der Waals surface area contributed by atoms with Crippen LogP contribution in [0.15, 0.2) is 53.3 Å². The number of halogens is 3. The van der Waals surface area contributed by atoms with E-state index in [1.54, 1.807) is 36.4 Å². The van der Waals surface area contributed by atoms with Crippen molar-refractivity contribution in [1.82, 2.24) is 14.8 Å². The number of nitrogens with one attached hydrogen (secondary N) is 1. The average Bonchev–Trinajstić information content (AvgIpc) is 2.66. The molecule has 0 aliphatic carbocycles. The summed E-state index contributed by atoms with van der Waals surface area (Å²) in [5.41, 5.74) is 1.54. The van der Waals surface area contributed by atoms with E-state index in [2.05, 4.69) is 5.32 Å². The van der Waals surface area contributed by atoms with Gasteiger partial charge in [-0.25, -0.2) is 0 Å². The van der Waals surface area contributed by atoms with Crippen molar-refractivity contribution in [3.8, 4) is 0 Å². The number of carbonyl (C=O) groups is 1. The highest BCUT2D eigenvalue weighted by molar-refractivity contribution is 6.68. The van der Waals surface area contributed by atoms with Crippen LogP contribution < -0.4 is 10.9 Å². The van der Waals surface area contributed by atoms with Crippen LogP contribution in [0.5, 0.6) is 0 Å². The number of benzene rings is 1. The number of amides is 1. The van der Waals surface area contributed by atoms with E-state index in [0.717, 1.165) is 12.1 Å². The van der Waals surface area contributed by atoms with Crippen molar-refractivity contribution < 1.29 is 4.79 Å². The molecule has 5 nitrogen and oxygen atoms in total. The van der Waals surface area contributed by atoms with Crippen molar-refractivity contribution in [3.05, 3.63) is 70.1 Å². The van der Waals surface area contributed by atoms with E-state index >= 15 is 0 Å². The Balaban J connectivity index is 1.59. The summed E-state index contributed by atoms with van der Waals surface area (Å²) in [5.74, 6) is 0.129. The first kappa shape index (κ1) is 19.8. The van der Waals surface area contributed by atoms with Crippen LogP contribution in [0, 0.1) is 5.92 Å². The van der Waals surface area contributed by atoms with E-state index < -0.39 is 9.96 Å². The molecule has 1 aromatic carbocycles. The van der Waals surface area contributed by atoms with Gasteiger partial charge in [-0.1, -0.05) is 59.1 Å². The number of hydrogen-bond donors (Lipinski definition) is 1. The molecular formula is C20H20Cl3N3O2. The second kappa shape index (κ2) is 7.71. The van der Waals surface area contributed by atoms with Crippen LogP contribution in [0.25, 0.3) is 0 Å². The minimum absolute atomic E-state index is 0.0240. The number of likely N-dealkylation sites (tertiary alicyclic amines) is 1. The summed E-state index contributed by atoms with van der Waals surface area (Å²) in [6, 6.07) is 14.2. The summed E-state index contributed by atoms with van der Waals surface area (Å²) in [4.78, 5) is 26.9. The summed E-state index contributed by atoms with van der Waals surface area (Å²) in [5, 5.41) is 2.89. The van der Waals surface area contributed by atoms with Crippen LogP contribution in [0.4, 0.5) is 0 Å². The standard InChI is InChI=1S/C20H20Cl3N3O2/c21-20(22,23)19(24-18(28)14-5-2-1-3-6-14)25-10-13-9-15(12-25)16-7-4-8-17(27)26(16)11-13/h1-8,13,15,19H,9-12H2,(H,24,28)/t13-,15+,19-/m0/s1. The fourth-order valence-electron chi connectivity index (χ4n) is 4.32. The molecule has 0 radical (unpaired) electrons. The molecule has 0 saturated carbocycles. The lowest BCUT2D eigenvalue weighted by Crippen LogP contribution is -2.60. The molecule has 28 heavy (non-hydrogen) atoms. The van der Waals surface area contributed by atoms with Crippen LogP contribution >= 0.6 is 34.8 Å². The molecule has 0 spiro atoms. The quantitative estimate of drug-likeness (QED) is 0.744. The molecule has 1 fully saturated rings. The number of hydrogen-bond acceptors (Lipinski definition) is 3. The van der Waals surface area contributed by atoms with Gasteiger partial charge in [0, 0.05) is 42.9 Å². The molecule has 1 N–H and O–H groups in total. The third-order valence-electron chi connectivity index (χ3n) is 5.49. The van der Waals surface area contributed by atoms with Gasteiger partial charge in [0.2, 0.25) is 3.79 Å². The molecular weight excluding hydrogens is 421 g/mol. The van der Waals surface area contributed by atoms with E-state index in [1.165, 1.54) is 0 Å². The third kappa shape index (κ3) is 3.94. The summed E-state index contributed by atoms with van der Waals surface area (Å²) in [6.07, 6.45) is 0.219. The molecule has 2 bridgehead atoms. The van der Waals surface area contributed by atoms with E-state index in [9.17, 15) is 9.59 Å². The molecule has 1 saturated heterocycles. The van der Waals surface area contributed by atoms with Crippen molar-refractivity contribution in [2.45, 2.75) is 28.8 Å². The molecule has 2 aliphatic heterocycles. The molecule has 4 rings (SSSR count). The number of piperidine rings is 1. The van der Waals surface area contributed by atoms with Crippen molar-refractivity contribution in [3.63, 3.8) is 0 Å². The average molecular weight is 441 g/mol. The lowest BCUT2D eigenvalue weighted by Gasteiger charge is -2.47. The van der Waals surface area contributed by atoms with Crippen molar-refractivity contribution in [2.75, 3.05) is 13.1 Å². The Morgan fingerprint density at radius 2 is 1.79 bits per heavy atom. The molecule has 148 valence electrons. The fraction of sp³-hybridized carbons (Fsp3) is 0.400. The number of pyridine rings is 1. The van der Waals surface area contributed by atoms with Crippen LogP contribution in [0.2, 0.25) is 0 Å². The molecule has 3 heterocycles. The summed E-state index contributed by atoms with van der Waals surface area (Å²) in [7, 11) is 0. The highest BCUT2D eigenvalue weighted by atomic mass is 35.6. The second-order valence-corrected chi connectivity index (χ2v) is 9.80. The molecule has 1 amide bonds. The van der Waals surface area contributed by atoms with Gasteiger partial charge >= 0.3 is 0 Å². The minimum Gasteiger partial charge on any atom is -0.332 e. The smallest absolute Gasteiger partial charge is 0.252 e. The lowest BCUT2D eigenvalue weighted by atomic mass is 9.83. The summed E-state index contributed by atoms with van der Waals surface area (Å²) >= 11 is 18.8. The maximum absolute atomic E-state index is 12.7. The zero-order valence-corrected chi connectivity index (χ0v) is 17.3. The Morgan fingerprint density at radius 1 is 1.04 bits per heavy atom. The van der Waals surface area contributed by atoms with Gasteiger partial charge in [0.15, 0.2) is 0 Å². The largest absolute Gasteiger partial charge is 0.332 e. The number of alkyl halides is 3. The second-order valence-electron chi connectivity index (χ2n) is 7.44. The van der Waals surface area contributed by atoms with E-state index in [0.29, 0.717) is 25.2 Å². The minimum atomic E-state index is -1.69. The molecule has 3 atom stereocenters. The fourth-order valence-corrected chi connectivity index (χ4v) is 4.90. The highest BCUT2D eigenvalue weighted by Crippen LogP contribution is 2.39. The predicted molar refractivity (Wildman–Crippen MR) is 111 cm³/mol. The molecule has 8 heteroatoms. The lowest BCUT2D eigenvalue weighted by molar-refractivity contribution is 0.0586. The van der Waals surface area contributed by atoms with Gasteiger partial charge in [-0.15, -0.1) is 0 Å². The van der Waals surface area contributed by atoms with E-state index in [-0.39, 0.29) is 23.3 Å². The van der Waals surface area contributed by atoms with Crippen LogP contribution in [-0.4, -0.2) is 38.4 Å². The Hall–Kier alpha value is -1.53. The first-order valence-corrected chi connectivity index (χ1v) is 10.3. The number of fused-ring (bicyclic) bond motifs is 4. The van der Waals surface area contributed by atoms with E-state index in [4.69, 9.17) is 34.8 Å². The Labute approximate surface area is 178 Å². The maximum atomic E-state index is 12.7. The monoisotopic (exact) mass is 439 g/mol. The third-order valence-corrected chi connectivity index (χ3v) is 6.11. The normalized spacial score (nSPS) is 23.0. The Kier molecular flexibility index (Phi) is 5.45. The van der Waals surface area contributed by atoms with E-state index in [1.807, 2.05) is 21.6 Å². The Morgan fingerprint density at radius 3 is 2.50 bits per heavy atom. The van der Waals surface area contributed by atoms with Gasteiger partial charge in [-0.2, -0.15) is 0 Å². The molecule has 0 unspecified atom stereocenters.